The molecule has 2 amide bonds. The number of esters is 1. The number of nitrogens with one attached hydrogen (secondary N) is 1. The molecule has 1 aromatic carbocycles. The maximum Gasteiger partial charge on any atom is 0.336 e. The summed E-state index contributed by atoms with van der Waals surface area (Å²) < 4.78 is 9.89. The molecule has 0 aromatic heterocycles. The minimum absolute atomic E-state index is 0.0387. The van der Waals surface area contributed by atoms with Crippen LogP contribution < -0.4 is 10.1 Å². The van der Waals surface area contributed by atoms with Crippen molar-refractivity contribution >= 4 is 18.0 Å². The number of ether oxygens (including phenoxy) is 2. The fourth-order valence-electron chi connectivity index (χ4n) is 2.68. The fraction of sp³-hybridized carbons (Fsp3) is 0.550. The minimum Gasteiger partial charge on any atom is -0.497 e. The lowest BCUT2D eigenvalue weighted by molar-refractivity contribution is -0.153. The molecule has 0 radical (unpaired) electrons. The zero-order valence-corrected chi connectivity index (χ0v) is 17.3. The van der Waals surface area contributed by atoms with Crippen LogP contribution in [-0.4, -0.2) is 72.0 Å². The predicted molar refractivity (Wildman–Crippen MR) is 106 cm³/mol. The third-order valence-electron chi connectivity index (χ3n) is 3.99. The Bertz CT molecular complexity index is 693. The molecule has 1 aromatic rings. The van der Waals surface area contributed by atoms with Gasteiger partial charge in [-0.1, -0.05) is 26.0 Å². The molecule has 0 aliphatic rings. The third-order valence-corrected chi connectivity index (χ3v) is 3.99. The maximum atomic E-state index is 12.7. The van der Waals surface area contributed by atoms with Crippen LogP contribution in [0.1, 0.15) is 26.3 Å². The number of carboxylic acid groups (broad SMARTS) is 1. The number of carbonyl (C=O) groups excluding carboxylic acids is 2. The molecule has 0 heterocycles. The molecule has 0 saturated heterocycles. The highest BCUT2D eigenvalue weighted by atomic mass is 16.5. The average molecular weight is 410 g/mol. The van der Waals surface area contributed by atoms with Crippen LogP contribution in [0.5, 0.6) is 5.75 Å². The summed E-state index contributed by atoms with van der Waals surface area (Å²) in [5, 5.41) is 22.0. The number of hydrogen-bond acceptors (Lipinski definition) is 6. The Kier molecular flexibility index (Phi) is 9.94. The Hall–Kier alpha value is -2.81. The number of hydrogen-bond donors (Lipinski definition) is 3. The van der Waals surface area contributed by atoms with Crippen LogP contribution in [-0.2, 0) is 20.7 Å². The van der Waals surface area contributed by atoms with Gasteiger partial charge in [-0.2, -0.15) is 0 Å². The van der Waals surface area contributed by atoms with E-state index in [0.29, 0.717) is 11.3 Å². The second-order valence-corrected chi connectivity index (χ2v) is 6.96. The average Bonchev–Trinajstić information content (AvgIpc) is 2.66. The summed E-state index contributed by atoms with van der Waals surface area (Å²) in [4.78, 5) is 37.3. The number of benzene rings is 1. The number of methoxy groups -OCH3 is 1. The first-order valence-electron chi connectivity index (χ1n) is 9.43. The van der Waals surface area contributed by atoms with Gasteiger partial charge in [0.15, 0.2) is 6.10 Å². The number of carboxylic acids is 1. The van der Waals surface area contributed by atoms with Gasteiger partial charge in [0.05, 0.1) is 20.3 Å². The Morgan fingerprint density at radius 2 is 1.90 bits per heavy atom. The van der Waals surface area contributed by atoms with E-state index in [1.54, 1.807) is 31.2 Å². The van der Waals surface area contributed by atoms with E-state index >= 15 is 0 Å². The van der Waals surface area contributed by atoms with Crippen LogP contribution in [0.3, 0.4) is 0 Å². The number of aliphatic hydroxyl groups is 1. The molecule has 0 unspecified atom stereocenters. The number of amides is 2. The van der Waals surface area contributed by atoms with E-state index in [4.69, 9.17) is 9.47 Å². The zero-order chi connectivity index (χ0) is 22.0. The SMILES string of the molecule is CCOC(=O)[C@@H](O)CN(CC(C)C)C(=O)N[C@@H](Cc1cccc(OC)c1)C(=O)O. The monoisotopic (exact) mass is 410 g/mol. The van der Waals surface area contributed by atoms with Crippen molar-refractivity contribution in [2.75, 3.05) is 26.8 Å². The normalized spacial score (nSPS) is 12.8. The number of nitrogens with zero attached hydrogens (tertiary/aromatic N) is 1. The lowest BCUT2D eigenvalue weighted by Crippen LogP contribution is -2.52. The number of aliphatic hydroxyl groups excluding tert-OH is 1. The first kappa shape index (κ1) is 24.2. The van der Waals surface area contributed by atoms with Crippen molar-refractivity contribution in [3.05, 3.63) is 29.8 Å². The van der Waals surface area contributed by atoms with Gasteiger partial charge in [-0.05, 0) is 30.5 Å². The van der Waals surface area contributed by atoms with Gasteiger partial charge in [0, 0.05) is 13.0 Å². The summed E-state index contributed by atoms with van der Waals surface area (Å²) in [6.07, 6.45) is -1.46. The largest absolute Gasteiger partial charge is 0.497 e. The molecule has 0 bridgehead atoms. The number of rotatable bonds is 11. The summed E-state index contributed by atoms with van der Waals surface area (Å²) in [5.74, 6) is -1.41. The Balaban J connectivity index is 2.89. The second-order valence-electron chi connectivity index (χ2n) is 6.96. The van der Waals surface area contributed by atoms with Gasteiger partial charge in [0.25, 0.3) is 0 Å². The molecule has 29 heavy (non-hydrogen) atoms. The Morgan fingerprint density at radius 1 is 1.21 bits per heavy atom. The first-order chi connectivity index (χ1) is 13.7. The summed E-state index contributed by atoms with van der Waals surface area (Å²) in [6, 6.07) is 5.02. The van der Waals surface area contributed by atoms with Gasteiger partial charge in [-0.3, -0.25) is 0 Å². The topological polar surface area (TPSA) is 125 Å². The molecule has 0 saturated carbocycles. The van der Waals surface area contributed by atoms with Crippen LogP contribution >= 0.6 is 0 Å². The van der Waals surface area contributed by atoms with Crippen molar-refractivity contribution in [3.63, 3.8) is 0 Å². The Labute approximate surface area is 170 Å². The fourth-order valence-corrected chi connectivity index (χ4v) is 2.68. The van der Waals surface area contributed by atoms with Gasteiger partial charge in [-0.25, -0.2) is 14.4 Å². The van der Waals surface area contributed by atoms with Crippen LogP contribution in [0.4, 0.5) is 4.79 Å². The van der Waals surface area contributed by atoms with Crippen LogP contribution in [0.2, 0.25) is 0 Å². The second kappa shape index (κ2) is 11.9. The molecule has 3 N–H and O–H groups in total. The number of aliphatic carboxylic acids is 1. The first-order valence-corrected chi connectivity index (χ1v) is 9.43. The highest BCUT2D eigenvalue weighted by molar-refractivity contribution is 5.83. The molecule has 9 nitrogen and oxygen atoms in total. The van der Waals surface area contributed by atoms with Gasteiger partial charge >= 0.3 is 18.0 Å². The van der Waals surface area contributed by atoms with Crippen molar-refractivity contribution in [2.45, 2.75) is 39.3 Å². The zero-order valence-electron chi connectivity index (χ0n) is 17.3. The molecule has 9 heteroatoms. The van der Waals surface area contributed by atoms with E-state index in [2.05, 4.69) is 5.32 Å². The summed E-state index contributed by atoms with van der Waals surface area (Å²) in [7, 11) is 1.51. The van der Waals surface area contributed by atoms with E-state index in [9.17, 15) is 24.6 Å². The van der Waals surface area contributed by atoms with E-state index in [-0.39, 0.29) is 32.0 Å². The molecule has 2 atom stereocenters. The van der Waals surface area contributed by atoms with Crippen molar-refractivity contribution in [3.8, 4) is 5.75 Å². The third kappa shape index (κ3) is 8.39. The molecule has 0 spiro atoms. The van der Waals surface area contributed by atoms with Crippen LogP contribution in [0.25, 0.3) is 0 Å². The molecule has 1 rings (SSSR count). The lowest BCUT2D eigenvalue weighted by Gasteiger charge is -2.28. The van der Waals surface area contributed by atoms with Crippen molar-refractivity contribution in [1.82, 2.24) is 10.2 Å². The molecular formula is C20H30N2O7. The van der Waals surface area contributed by atoms with Gasteiger partial charge in [-0.15, -0.1) is 0 Å². The van der Waals surface area contributed by atoms with Crippen molar-refractivity contribution in [1.29, 1.82) is 0 Å². The highest BCUT2D eigenvalue weighted by Gasteiger charge is 2.27. The molecular weight excluding hydrogens is 380 g/mol. The van der Waals surface area contributed by atoms with E-state index in [1.165, 1.54) is 12.0 Å². The lowest BCUT2D eigenvalue weighted by atomic mass is 10.1. The summed E-state index contributed by atoms with van der Waals surface area (Å²) in [6.45, 7) is 5.37. The maximum absolute atomic E-state index is 12.7. The van der Waals surface area contributed by atoms with Crippen molar-refractivity contribution < 1.29 is 34.1 Å². The quantitative estimate of drug-likeness (QED) is 0.469. The highest BCUT2D eigenvalue weighted by Crippen LogP contribution is 2.14. The van der Waals surface area contributed by atoms with E-state index in [1.807, 2.05) is 13.8 Å². The summed E-state index contributed by atoms with van der Waals surface area (Å²) >= 11 is 0. The smallest absolute Gasteiger partial charge is 0.336 e. The number of carbonyl (C=O) groups is 3. The standard InChI is InChI=1S/C20H30N2O7/c1-5-29-19(26)17(23)12-22(11-13(2)3)20(27)21-16(18(24)25)10-14-7-6-8-15(9-14)28-4/h6-9,13,16-17,23H,5,10-12H2,1-4H3,(H,21,27)(H,24,25)/t16-,17-/m0/s1. The molecule has 162 valence electrons. The number of urea groups is 1. The summed E-state index contributed by atoms with van der Waals surface area (Å²) in [5.41, 5.74) is 0.680. The van der Waals surface area contributed by atoms with Crippen molar-refractivity contribution in [2.24, 2.45) is 5.92 Å². The molecule has 0 fully saturated rings. The predicted octanol–water partition coefficient (Wildman–Crippen LogP) is 1.28. The van der Waals surface area contributed by atoms with Gasteiger partial charge in [0.1, 0.15) is 11.8 Å². The van der Waals surface area contributed by atoms with E-state index < -0.39 is 30.1 Å². The van der Waals surface area contributed by atoms with Gasteiger partial charge in [0.2, 0.25) is 0 Å². The van der Waals surface area contributed by atoms with Crippen LogP contribution in [0.15, 0.2) is 24.3 Å². The molecule has 0 aliphatic carbocycles. The van der Waals surface area contributed by atoms with Crippen LogP contribution in [0, 0.1) is 5.92 Å². The van der Waals surface area contributed by atoms with E-state index in [0.717, 1.165) is 0 Å². The van der Waals surface area contributed by atoms with Gasteiger partial charge < -0.3 is 29.9 Å². The minimum atomic E-state index is -1.51. The molecule has 0 aliphatic heterocycles. The Morgan fingerprint density at radius 3 is 2.45 bits per heavy atom.